The zero-order chi connectivity index (χ0) is 19.3. The fraction of sp³-hybridized carbons (Fsp3) is 0.750. The van der Waals surface area contributed by atoms with Crippen molar-refractivity contribution < 1.29 is 13.9 Å². The largest absolute Gasteiger partial charge is 0.469 e. The number of hydrogen-bond donors (Lipinski definition) is 2. The van der Waals surface area contributed by atoms with Gasteiger partial charge in [-0.1, -0.05) is 0 Å². The van der Waals surface area contributed by atoms with Crippen LogP contribution in [0.1, 0.15) is 12.2 Å². The van der Waals surface area contributed by atoms with Crippen molar-refractivity contribution in [2.75, 3.05) is 85.3 Å². The third kappa shape index (κ3) is 8.18. The van der Waals surface area contributed by atoms with Gasteiger partial charge in [0.25, 0.3) is 0 Å². The molecule has 2 aliphatic rings. The van der Waals surface area contributed by atoms with Crippen LogP contribution in [0.15, 0.2) is 27.8 Å². The molecule has 0 saturated carbocycles. The second-order valence-corrected chi connectivity index (χ2v) is 7.17. The summed E-state index contributed by atoms with van der Waals surface area (Å²) in [5.74, 6) is 1.88. The lowest BCUT2D eigenvalue weighted by Crippen LogP contribution is -2.45. The highest BCUT2D eigenvalue weighted by molar-refractivity contribution is 5.79. The van der Waals surface area contributed by atoms with Gasteiger partial charge in [-0.25, -0.2) is 0 Å². The predicted octanol–water partition coefficient (Wildman–Crippen LogP) is 0.412. The minimum absolute atomic E-state index is 0.806. The minimum atomic E-state index is 0.806. The molecule has 8 heteroatoms. The van der Waals surface area contributed by atoms with E-state index in [9.17, 15) is 0 Å². The molecule has 1 aromatic rings. The van der Waals surface area contributed by atoms with Gasteiger partial charge in [-0.2, -0.15) is 0 Å². The summed E-state index contributed by atoms with van der Waals surface area (Å²) in [6, 6.07) is 3.93. The average molecular weight is 394 g/mol. The number of hydrogen-bond acceptors (Lipinski definition) is 6. The second-order valence-electron chi connectivity index (χ2n) is 7.17. The van der Waals surface area contributed by atoms with E-state index in [4.69, 9.17) is 18.9 Å². The van der Waals surface area contributed by atoms with Crippen molar-refractivity contribution in [3.05, 3.63) is 24.2 Å². The highest BCUT2D eigenvalue weighted by atomic mass is 16.5. The lowest BCUT2D eigenvalue weighted by Gasteiger charge is -2.27. The molecule has 2 saturated heterocycles. The Balaban J connectivity index is 1.37. The smallest absolute Gasteiger partial charge is 0.191 e. The third-order valence-electron chi connectivity index (χ3n) is 5.07. The van der Waals surface area contributed by atoms with E-state index >= 15 is 0 Å². The number of morpholine rings is 2. The maximum absolute atomic E-state index is 5.41. The van der Waals surface area contributed by atoms with E-state index in [-0.39, 0.29) is 0 Å². The molecule has 1 aromatic heterocycles. The number of guanidine groups is 1. The van der Waals surface area contributed by atoms with Gasteiger partial charge in [-0.05, 0) is 18.6 Å². The van der Waals surface area contributed by atoms with Gasteiger partial charge in [-0.3, -0.25) is 14.8 Å². The molecule has 158 valence electrons. The first-order valence-corrected chi connectivity index (χ1v) is 10.5. The number of aliphatic imine (C=N–C) groups is 1. The van der Waals surface area contributed by atoms with Crippen molar-refractivity contribution in [2.24, 2.45) is 4.99 Å². The summed E-state index contributed by atoms with van der Waals surface area (Å²) in [6.45, 7) is 12.1. The molecule has 0 aromatic carbocycles. The molecule has 3 heterocycles. The molecule has 0 atom stereocenters. The first-order chi connectivity index (χ1) is 13.9. The van der Waals surface area contributed by atoms with Crippen molar-refractivity contribution >= 4 is 5.96 Å². The molecule has 2 aliphatic heterocycles. The van der Waals surface area contributed by atoms with Crippen molar-refractivity contribution in [3.8, 4) is 0 Å². The third-order valence-corrected chi connectivity index (χ3v) is 5.07. The summed E-state index contributed by atoms with van der Waals surface area (Å²) in [6.07, 6.45) is 3.63. The van der Waals surface area contributed by atoms with E-state index < -0.39 is 0 Å². The van der Waals surface area contributed by atoms with Crippen molar-refractivity contribution in [1.29, 1.82) is 0 Å². The van der Waals surface area contributed by atoms with E-state index in [0.29, 0.717) is 0 Å². The quantitative estimate of drug-likeness (QED) is 0.339. The van der Waals surface area contributed by atoms with Crippen LogP contribution < -0.4 is 10.6 Å². The Labute approximate surface area is 168 Å². The van der Waals surface area contributed by atoms with Gasteiger partial charge >= 0.3 is 0 Å². The van der Waals surface area contributed by atoms with Crippen LogP contribution in [0.4, 0.5) is 0 Å². The van der Waals surface area contributed by atoms with E-state index in [1.165, 1.54) is 0 Å². The Kier molecular flexibility index (Phi) is 9.63. The van der Waals surface area contributed by atoms with Gasteiger partial charge in [0.2, 0.25) is 0 Å². The number of ether oxygens (including phenoxy) is 2. The van der Waals surface area contributed by atoms with E-state index in [1.807, 2.05) is 12.1 Å². The Hall–Kier alpha value is -1.61. The SMILES string of the molecule is c1coc(CCNC(=NCCCN2CCOCC2)NCCN2CCOCC2)c1. The summed E-state index contributed by atoms with van der Waals surface area (Å²) >= 11 is 0. The first-order valence-electron chi connectivity index (χ1n) is 10.5. The van der Waals surface area contributed by atoms with Gasteiger partial charge in [0.15, 0.2) is 5.96 Å². The molecule has 0 aliphatic carbocycles. The van der Waals surface area contributed by atoms with Gasteiger partial charge in [0, 0.05) is 65.3 Å². The molecule has 28 heavy (non-hydrogen) atoms. The maximum Gasteiger partial charge on any atom is 0.191 e. The molecule has 2 fully saturated rings. The van der Waals surface area contributed by atoms with Crippen LogP contribution in [0, 0.1) is 0 Å². The Morgan fingerprint density at radius 3 is 2.29 bits per heavy atom. The molecular formula is C20H35N5O3. The average Bonchev–Trinajstić information content (AvgIpc) is 3.26. The van der Waals surface area contributed by atoms with Crippen LogP contribution in [0.25, 0.3) is 0 Å². The van der Waals surface area contributed by atoms with Gasteiger partial charge in [0.1, 0.15) is 5.76 Å². The van der Waals surface area contributed by atoms with E-state index in [2.05, 4.69) is 20.4 Å². The molecule has 3 rings (SSSR count). The maximum atomic E-state index is 5.41. The highest BCUT2D eigenvalue weighted by Crippen LogP contribution is 2.00. The molecule has 0 radical (unpaired) electrons. The zero-order valence-corrected chi connectivity index (χ0v) is 16.9. The number of nitrogens with zero attached hydrogens (tertiary/aromatic N) is 3. The molecule has 0 bridgehead atoms. The number of rotatable bonds is 10. The molecule has 2 N–H and O–H groups in total. The predicted molar refractivity (Wildman–Crippen MR) is 110 cm³/mol. The van der Waals surface area contributed by atoms with Crippen LogP contribution in [-0.2, 0) is 15.9 Å². The van der Waals surface area contributed by atoms with Crippen molar-refractivity contribution in [2.45, 2.75) is 12.8 Å². The number of furan rings is 1. The summed E-state index contributed by atoms with van der Waals surface area (Å²) in [4.78, 5) is 9.65. The second kappa shape index (κ2) is 12.8. The normalized spacial score (nSPS) is 19.6. The fourth-order valence-corrected chi connectivity index (χ4v) is 3.40. The Morgan fingerprint density at radius 1 is 0.929 bits per heavy atom. The van der Waals surface area contributed by atoms with Crippen LogP contribution >= 0.6 is 0 Å². The number of nitrogens with one attached hydrogen (secondary N) is 2. The summed E-state index contributed by atoms with van der Waals surface area (Å²) in [5.41, 5.74) is 0. The fourth-order valence-electron chi connectivity index (χ4n) is 3.40. The topological polar surface area (TPSA) is 74.5 Å². The Morgan fingerprint density at radius 2 is 1.61 bits per heavy atom. The molecule has 0 spiro atoms. The van der Waals surface area contributed by atoms with E-state index in [0.717, 1.165) is 110 Å². The highest BCUT2D eigenvalue weighted by Gasteiger charge is 2.11. The monoisotopic (exact) mass is 393 g/mol. The van der Waals surface area contributed by atoms with Crippen molar-refractivity contribution in [1.82, 2.24) is 20.4 Å². The lowest BCUT2D eigenvalue weighted by atomic mass is 10.3. The minimum Gasteiger partial charge on any atom is -0.469 e. The van der Waals surface area contributed by atoms with Crippen molar-refractivity contribution in [3.63, 3.8) is 0 Å². The molecule has 0 amide bonds. The molecule has 0 unspecified atom stereocenters. The van der Waals surface area contributed by atoms with Crippen LogP contribution in [0.2, 0.25) is 0 Å². The molecular weight excluding hydrogens is 358 g/mol. The summed E-state index contributed by atoms with van der Waals surface area (Å²) in [7, 11) is 0. The van der Waals surface area contributed by atoms with Crippen LogP contribution in [-0.4, -0.2) is 101 Å². The van der Waals surface area contributed by atoms with Crippen LogP contribution in [0.3, 0.4) is 0 Å². The van der Waals surface area contributed by atoms with Crippen LogP contribution in [0.5, 0.6) is 0 Å². The van der Waals surface area contributed by atoms with Gasteiger partial charge < -0.3 is 24.5 Å². The lowest BCUT2D eigenvalue weighted by molar-refractivity contribution is 0.0377. The Bertz CT molecular complexity index is 540. The zero-order valence-electron chi connectivity index (χ0n) is 16.9. The standard InChI is InChI=1S/C20H35N5O3/c1-3-19(28-14-1)4-6-22-20(23-7-9-25-12-17-27-18-13-25)21-5-2-8-24-10-15-26-16-11-24/h1,3,14H,2,4-13,15-18H2,(H2,21,22,23). The summed E-state index contributed by atoms with van der Waals surface area (Å²) < 4.78 is 16.2. The summed E-state index contributed by atoms with van der Waals surface area (Å²) in [5, 5.41) is 6.91. The first kappa shape index (κ1) is 21.1. The van der Waals surface area contributed by atoms with E-state index in [1.54, 1.807) is 6.26 Å². The van der Waals surface area contributed by atoms with Gasteiger partial charge in [-0.15, -0.1) is 0 Å². The van der Waals surface area contributed by atoms with Gasteiger partial charge in [0.05, 0.1) is 32.7 Å². The molecule has 8 nitrogen and oxygen atoms in total.